The molecule has 5 nitrogen and oxygen atoms in total. The van der Waals surface area contributed by atoms with E-state index in [0.29, 0.717) is 11.6 Å². The predicted molar refractivity (Wildman–Crippen MR) is 98.2 cm³/mol. The second-order valence-electron chi connectivity index (χ2n) is 6.62. The molecule has 0 aliphatic heterocycles. The van der Waals surface area contributed by atoms with E-state index in [1.807, 2.05) is 41.1 Å². The van der Waals surface area contributed by atoms with E-state index in [4.69, 9.17) is 11.6 Å². The standard InChI is InChI=1S/C19H19ClN4O/c1-12(25)21-10-13-4-6-15(7-5-13)16-8-9-17-19(18(16)20)22-23-24(17)11-14-2-3-14/h4-9,14H,2-3,10-11H2,1H3,(H,21,25). The third kappa shape index (κ3) is 3.37. The lowest BCUT2D eigenvalue weighted by Gasteiger charge is -2.08. The van der Waals surface area contributed by atoms with Gasteiger partial charge in [-0.25, -0.2) is 4.68 Å². The van der Waals surface area contributed by atoms with Gasteiger partial charge in [-0.2, -0.15) is 0 Å². The Morgan fingerprint density at radius 2 is 2.00 bits per heavy atom. The summed E-state index contributed by atoms with van der Waals surface area (Å²) in [4.78, 5) is 11.0. The average molecular weight is 355 g/mol. The van der Waals surface area contributed by atoms with Crippen molar-refractivity contribution < 1.29 is 4.79 Å². The summed E-state index contributed by atoms with van der Waals surface area (Å²) in [7, 11) is 0. The molecule has 1 aliphatic rings. The summed E-state index contributed by atoms with van der Waals surface area (Å²) < 4.78 is 1.96. The normalized spacial score (nSPS) is 14.0. The second-order valence-corrected chi connectivity index (χ2v) is 6.99. The minimum absolute atomic E-state index is 0.0353. The Morgan fingerprint density at radius 1 is 1.24 bits per heavy atom. The van der Waals surface area contributed by atoms with Gasteiger partial charge in [0.25, 0.3) is 0 Å². The van der Waals surface area contributed by atoms with Crippen LogP contribution in [-0.4, -0.2) is 20.9 Å². The number of amides is 1. The highest BCUT2D eigenvalue weighted by Crippen LogP contribution is 2.35. The van der Waals surface area contributed by atoms with Crippen molar-refractivity contribution >= 4 is 28.5 Å². The molecule has 1 aromatic heterocycles. The monoisotopic (exact) mass is 354 g/mol. The fraction of sp³-hybridized carbons (Fsp3) is 0.316. The lowest BCUT2D eigenvalue weighted by Crippen LogP contribution is -2.18. The molecular formula is C19H19ClN4O. The number of aromatic nitrogens is 3. The molecular weight excluding hydrogens is 336 g/mol. The second kappa shape index (κ2) is 6.48. The van der Waals surface area contributed by atoms with Gasteiger partial charge in [-0.3, -0.25) is 4.79 Å². The fourth-order valence-electron chi connectivity index (χ4n) is 2.94. The molecule has 1 N–H and O–H groups in total. The topological polar surface area (TPSA) is 59.8 Å². The Kier molecular flexibility index (Phi) is 4.17. The van der Waals surface area contributed by atoms with Crippen LogP contribution < -0.4 is 5.32 Å². The van der Waals surface area contributed by atoms with Crippen molar-refractivity contribution in [3.8, 4) is 11.1 Å². The van der Waals surface area contributed by atoms with Crippen LogP contribution in [0.5, 0.6) is 0 Å². The molecule has 3 aromatic rings. The molecule has 128 valence electrons. The van der Waals surface area contributed by atoms with Crippen LogP contribution in [-0.2, 0) is 17.9 Å². The first-order chi connectivity index (χ1) is 12.1. The smallest absolute Gasteiger partial charge is 0.217 e. The third-order valence-electron chi connectivity index (χ3n) is 4.56. The summed E-state index contributed by atoms with van der Waals surface area (Å²) in [5.41, 5.74) is 4.76. The number of nitrogens with one attached hydrogen (secondary N) is 1. The summed E-state index contributed by atoms with van der Waals surface area (Å²) in [6, 6.07) is 12.1. The number of fused-ring (bicyclic) bond motifs is 1. The van der Waals surface area contributed by atoms with Crippen molar-refractivity contribution in [2.45, 2.75) is 32.9 Å². The van der Waals surface area contributed by atoms with Gasteiger partial charge in [-0.1, -0.05) is 47.1 Å². The molecule has 4 rings (SSSR count). The minimum Gasteiger partial charge on any atom is -0.352 e. The van der Waals surface area contributed by atoms with Crippen LogP contribution in [0.15, 0.2) is 36.4 Å². The molecule has 0 saturated heterocycles. The molecule has 1 amide bonds. The summed E-state index contributed by atoms with van der Waals surface area (Å²) in [5, 5.41) is 12.0. The van der Waals surface area contributed by atoms with Crippen LogP contribution in [0.2, 0.25) is 5.02 Å². The molecule has 25 heavy (non-hydrogen) atoms. The quantitative estimate of drug-likeness (QED) is 0.758. The highest BCUT2D eigenvalue weighted by Gasteiger charge is 2.23. The van der Waals surface area contributed by atoms with Crippen LogP contribution in [0.3, 0.4) is 0 Å². The van der Waals surface area contributed by atoms with Crippen molar-refractivity contribution in [1.82, 2.24) is 20.3 Å². The van der Waals surface area contributed by atoms with Gasteiger partial charge < -0.3 is 5.32 Å². The number of hydrogen-bond donors (Lipinski definition) is 1. The highest BCUT2D eigenvalue weighted by atomic mass is 35.5. The van der Waals surface area contributed by atoms with Crippen LogP contribution in [0.4, 0.5) is 0 Å². The first-order valence-electron chi connectivity index (χ1n) is 8.47. The molecule has 0 spiro atoms. The van der Waals surface area contributed by atoms with Crippen LogP contribution in [0.1, 0.15) is 25.3 Å². The van der Waals surface area contributed by atoms with Gasteiger partial charge in [0.2, 0.25) is 5.91 Å². The number of hydrogen-bond acceptors (Lipinski definition) is 3. The zero-order valence-corrected chi connectivity index (χ0v) is 14.8. The molecule has 1 aliphatic carbocycles. The van der Waals surface area contributed by atoms with Crippen molar-refractivity contribution in [2.24, 2.45) is 5.92 Å². The van der Waals surface area contributed by atoms with E-state index in [2.05, 4.69) is 15.6 Å². The Hall–Kier alpha value is -2.40. The van der Waals surface area contributed by atoms with Gasteiger partial charge in [0.1, 0.15) is 5.52 Å². The predicted octanol–water partition coefficient (Wildman–Crippen LogP) is 3.80. The van der Waals surface area contributed by atoms with Gasteiger partial charge in [0.05, 0.1) is 10.5 Å². The maximum atomic E-state index is 11.0. The summed E-state index contributed by atoms with van der Waals surface area (Å²) in [6.07, 6.45) is 2.55. The molecule has 1 heterocycles. The molecule has 0 unspecified atom stereocenters. The van der Waals surface area contributed by atoms with Gasteiger partial charge in [-0.15, -0.1) is 5.10 Å². The molecule has 2 aromatic carbocycles. The number of halogens is 1. The molecule has 0 atom stereocenters. The molecule has 1 saturated carbocycles. The van der Waals surface area contributed by atoms with Gasteiger partial charge in [0, 0.05) is 25.6 Å². The third-order valence-corrected chi connectivity index (χ3v) is 4.94. The van der Waals surface area contributed by atoms with E-state index in [0.717, 1.165) is 40.2 Å². The van der Waals surface area contributed by atoms with E-state index in [-0.39, 0.29) is 5.91 Å². The van der Waals surface area contributed by atoms with E-state index >= 15 is 0 Å². The molecule has 0 radical (unpaired) electrons. The van der Waals surface area contributed by atoms with Crippen molar-refractivity contribution in [3.05, 3.63) is 47.0 Å². The van der Waals surface area contributed by atoms with Crippen LogP contribution in [0, 0.1) is 5.92 Å². The number of rotatable bonds is 5. The zero-order valence-electron chi connectivity index (χ0n) is 14.0. The van der Waals surface area contributed by atoms with Gasteiger partial charge in [0.15, 0.2) is 0 Å². The van der Waals surface area contributed by atoms with Crippen molar-refractivity contribution in [2.75, 3.05) is 0 Å². The van der Waals surface area contributed by atoms with E-state index in [1.54, 1.807) is 0 Å². The van der Waals surface area contributed by atoms with Crippen LogP contribution >= 0.6 is 11.6 Å². The number of carbonyl (C=O) groups is 1. The summed E-state index contributed by atoms with van der Waals surface area (Å²) in [5.74, 6) is 0.700. The zero-order chi connectivity index (χ0) is 17.4. The number of benzene rings is 2. The first kappa shape index (κ1) is 16.1. The molecule has 1 fully saturated rings. The maximum absolute atomic E-state index is 11.0. The Bertz CT molecular complexity index is 928. The summed E-state index contributed by atoms with van der Waals surface area (Å²) in [6.45, 7) is 2.96. The van der Waals surface area contributed by atoms with Gasteiger partial charge in [-0.05, 0) is 36.0 Å². The number of carbonyl (C=O) groups excluding carboxylic acids is 1. The lowest BCUT2D eigenvalue weighted by molar-refractivity contribution is -0.119. The van der Waals surface area contributed by atoms with E-state index in [1.165, 1.54) is 19.8 Å². The fourth-order valence-corrected chi connectivity index (χ4v) is 3.24. The van der Waals surface area contributed by atoms with Crippen molar-refractivity contribution in [3.63, 3.8) is 0 Å². The first-order valence-corrected chi connectivity index (χ1v) is 8.85. The lowest BCUT2D eigenvalue weighted by atomic mass is 10.0. The summed E-state index contributed by atoms with van der Waals surface area (Å²) >= 11 is 6.61. The largest absolute Gasteiger partial charge is 0.352 e. The minimum atomic E-state index is -0.0353. The average Bonchev–Trinajstić information content (AvgIpc) is 3.33. The maximum Gasteiger partial charge on any atom is 0.217 e. The Labute approximate surface area is 151 Å². The van der Waals surface area contributed by atoms with E-state index < -0.39 is 0 Å². The van der Waals surface area contributed by atoms with Crippen molar-refractivity contribution in [1.29, 1.82) is 0 Å². The number of nitrogens with zero attached hydrogens (tertiary/aromatic N) is 3. The Morgan fingerprint density at radius 3 is 2.68 bits per heavy atom. The SMILES string of the molecule is CC(=O)NCc1ccc(-c2ccc3c(nnn3CC3CC3)c2Cl)cc1. The van der Waals surface area contributed by atoms with E-state index in [9.17, 15) is 4.79 Å². The van der Waals surface area contributed by atoms with Crippen LogP contribution in [0.25, 0.3) is 22.2 Å². The Balaban J connectivity index is 1.62. The molecule has 6 heteroatoms. The highest BCUT2D eigenvalue weighted by molar-refractivity contribution is 6.37. The molecule has 0 bridgehead atoms. The van der Waals surface area contributed by atoms with Gasteiger partial charge >= 0.3 is 0 Å².